The normalized spacial score (nSPS) is 12.9. The van der Waals surface area contributed by atoms with Crippen LogP contribution in [0.4, 0.5) is 13.2 Å². The summed E-state index contributed by atoms with van der Waals surface area (Å²) in [6.07, 6.45) is -5.81. The molecule has 1 nitrogen and oxygen atoms in total. The van der Waals surface area contributed by atoms with Crippen LogP contribution in [0.1, 0.15) is 41.7 Å². The SMILES string of the molecule is CC(C)(C)c1ccc(C(=O)CC(F)(F)F)s1. The second-order valence-corrected chi connectivity index (χ2v) is 5.71. The van der Waals surface area contributed by atoms with E-state index in [2.05, 4.69) is 0 Å². The minimum absolute atomic E-state index is 0.137. The summed E-state index contributed by atoms with van der Waals surface area (Å²) in [4.78, 5) is 12.4. The Hall–Kier alpha value is -0.840. The number of carbonyl (C=O) groups is 1. The predicted molar refractivity (Wildman–Crippen MR) is 58.0 cm³/mol. The van der Waals surface area contributed by atoms with E-state index < -0.39 is 18.4 Å². The number of carbonyl (C=O) groups excluding carboxylic acids is 1. The average molecular weight is 250 g/mol. The lowest BCUT2D eigenvalue weighted by atomic mass is 9.95. The van der Waals surface area contributed by atoms with Gasteiger partial charge in [-0.3, -0.25) is 4.79 Å². The van der Waals surface area contributed by atoms with Gasteiger partial charge in [0.05, 0.1) is 4.88 Å². The van der Waals surface area contributed by atoms with Gasteiger partial charge in [0.25, 0.3) is 0 Å². The molecule has 0 radical (unpaired) electrons. The molecule has 16 heavy (non-hydrogen) atoms. The van der Waals surface area contributed by atoms with Crippen LogP contribution >= 0.6 is 11.3 Å². The second-order valence-electron chi connectivity index (χ2n) is 4.63. The van der Waals surface area contributed by atoms with Gasteiger partial charge >= 0.3 is 6.18 Å². The molecule has 0 spiro atoms. The summed E-state index contributed by atoms with van der Waals surface area (Å²) in [5.74, 6) is -0.854. The molecule has 0 amide bonds. The Bertz CT molecular complexity index is 385. The Kier molecular flexibility index (Phi) is 3.47. The van der Waals surface area contributed by atoms with Gasteiger partial charge in [0, 0.05) is 4.88 Å². The average Bonchev–Trinajstić information content (AvgIpc) is 2.46. The fraction of sp³-hybridized carbons (Fsp3) is 0.545. The highest BCUT2D eigenvalue weighted by atomic mass is 32.1. The lowest BCUT2D eigenvalue weighted by Gasteiger charge is -2.15. The highest BCUT2D eigenvalue weighted by molar-refractivity contribution is 7.14. The fourth-order valence-electron chi connectivity index (χ4n) is 1.16. The maximum absolute atomic E-state index is 12.0. The molecule has 1 aromatic rings. The van der Waals surface area contributed by atoms with Gasteiger partial charge in [-0.15, -0.1) is 11.3 Å². The maximum atomic E-state index is 12.0. The molecule has 0 aromatic carbocycles. The number of ketones is 1. The van der Waals surface area contributed by atoms with Crippen LogP contribution in [-0.4, -0.2) is 12.0 Å². The van der Waals surface area contributed by atoms with Crippen molar-refractivity contribution in [2.24, 2.45) is 0 Å². The Morgan fingerprint density at radius 2 is 1.81 bits per heavy atom. The van der Waals surface area contributed by atoms with Crippen LogP contribution < -0.4 is 0 Å². The number of halogens is 3. The van der Waals surface area contributed by atoms with Gasteiger partial charge < -0.3 is 0 Å². The monoisotopic (exact) mass is 250 g/mol. The Labute approximate surface area is 96.3 Å². The van der Waals surface area contributed by atoms with Gasteiger partial charge in [0.15, 0.2) is 5.78 Å². The zero-order chi connectivity index (χ0) is 12.6. The van der Waals surface area contributed by atoms with Gasteiger partial charge in [-0.1, -0.05) is 20.8 Å². The molecule has 1 aromatic heterocycles. The zero-order valence-electron chi connectivity index (χ0n) is 9.31. The molecule has 0 atom stereocenters. The second kappa shape index (κ2) is 4.20. The molecule has 5 heteroatoms. The molecule has 90 valence electrons. The topological polar surface area (TPSA) is 17.1 Å². The van der Waals surface area contributed by atoms with Gasteiger partial charge in [0.1, 0.15) is 6.42 Å². The zero-order valence-corrected chi connectivity index (χ0v) is 10.1. The molecule has 0 saturated carbocycles. The fourth-order valence-corrected chi connectivity index (χ4v) is 2.16. The van der Waals surface area contributed by atoms with Crippen molar-refractivity contribution in [2.75, 3.05) is 0 Å². The molecule has 0 aliphatic carbocycles. The van der Waals surface area contributed by atoms with Crippen LogP contribution in [0, 0.1) is 0 Å². The van der Waals surface area contributed by atoms with Crippen LogP contribution in [0.2, 0.25) is 0 Å². The van der Waals surface area contributed by atoms with Crippen LogP contribution in [0.15, 0.2) is 12.1 Å². The number of rotatable bonds is 2. The van der Waals surface area contributed by atoms with E-state index in [1.54, 1.807) is 6.07 Å². The largest absolute Gasteiger partial charge is 0.396 e. The molecule has 0 unspecified atom stereocenters. The first-order valence-corrected chi connectivity index (χ1v) is 5.61. The van der Waals surface area contributed by atoms with E-state index >= 15 is 0 Å². The maximum Gasteiger partial charge on any atom is 0.396 e. The summed E-state index contributed by atoms with van der Waals surface area (Å²) in [5, 5.41) is 0. The van der Waals surface area contributed by atoms with E-state index in [1.807, 2.05) is 20.8 Å². The van der Waals surface area contributed by atoms with Crippen LogP contribution in [0.5, 0.6) is 0 Å². The minimum atomic E-state index is -4.43. The van der Waals surface area contributed by atoms with Gasteiger partial charge in [0.2, 0.25) is 0 Å². The molecular weight excluding hydrogens is 237 g/mol. The summed E-state index contributed by atoms with van der Waals surface area (Å²) in [6, 6.07) is 3.19. The molecule has 0 saturated heterocycles. The van der Waals surface area contributed by atoms with Crippen molar-refractivity contribution in [3.05, 3.63) is 21.9 Å². The molecule has 0 N–H and O–H groups in total. The standard InChI is InChI=1S/C11H13F3OS/c1-10(2,3)9-5-4-8(16-9)7(15)6-11(12,13)14/h4-5H,6H2,1-3H3. The minimum Gasteiger partial charge on any atom is -0.293 e. The van der Waals surface area contributed by atoms with Crippen LogP contribution in [-0.2, 0) is 5.41 Å². The molecule has 0 bridgehead atoms. The number of hydrogen-bond acceptors (Lipinski definition) is 2. The summed E-state index contributed by atoms with van der Waals surface area (Å²) in [7, 11) is 0. The highest BCUT2D eigenvalue weighted by Gasteiger charge is 2.32. The number of hydrogen-bond donors (Lipinski definition) is 0. The third kappa shape index (κ3) is 3.63. The summed E-state index contributed by atoms with van der Waals surface area (Å²) < 4.78 is 36.0. The van der Waals surface area contributed by atoms with E-state index in [9.17, 15) is 18.0 Å². The van der Waals surface area contributed by atoms with E-state index in [1.165, 1.54) is 6.07 Å². The molecular formula is C11H13F3OS. The van der Waals surface area contributed by atoms with E-state index in [0.717, 1.165) is 16.2 Å². The highest BCUT2D eigenvalue weighted by Crippen LogP contribution is 2.31. The van der Waals surface area contributed by atoms with Crippen LogP contribution in [0.25, 0.3) is 0 Å². The van der Waals surface area contributed by atoms with Crippen molar-refractivity contribution < 1.29 is 18.0 Å². The van der Waals surface area contributed by atoms with E-state index in [0.29, 0.717) is 0 Å². The first kappa shape index (κ1) is 13.2. The van der Waals surface area contributed by atoms with E-state index in [-0.39, 0.29) is 10.3 Å². The lowest BCUT2D eigenvalue weighted by molar-refractivity contribution is -0.125. The van der Waals surface area contributed by atoms with Crippen molar-refractivity contribution in [1.29, 1.82) is 0 Å². The van der Waals surface area contributed by atoms with Gasteiger partial charge in [-0.2, -0.15) is 13.2 Å². The molecule has 0 fully saturated rings. The third-order valence-corrected chi connectivity index (χ3v) is 3.53. The Morgan fingerprint density at radius 3 is 2.19 bits per heavy atom. The summed E-state index contributed by atoms with van der Waals surface area (Å²) in [6.45, 7) is 5.87. The Morgan fingerprint density at radius 1 is 1.25 bits per heavy atom. The molecule has 1 heterocycles. The molecule has 1 rings (SSSR count). The number of Topliss-reactive ketones (excluding diaryl/α,β-unsaturated/α-hetero) is 1. The first-order valence-electron chi connectivity index (χ1n) is 4.80. The van der Waals surface area contributed by atoms with Crippen molar-refractivity contribution in [3.8, 4) is 0 Å². The van der Waals surface area contributed by atoms with Gasteiger partial charge in [-0.05, 0) is 17.5 Å². The number of thiophene rings is 1. The van der Waals surface area contributed by atoms with Crippen molar-refractivity contribution in [1.82, 2.24) is 0 Å². The van der Waals surface area contributed by atoms with E-state index in [4.69, 9.17) is 0 Å². The summed E-state index contributed by atoms with van der Waals surface area (Å²) in [5.41, 5.74) is -0.137. The van der Waals surface area contributed by atoms with Crippen molar-refractivity contribution in [3.63, 3.8) is 0 Å². The van der Waals surface area contributed by atoms with Crippen LogP contribution in [0.3, 0.4) is 0 Å². The molecule has 0 aliphatic rings. The number of alkyl halides is 3. The van der Waals surface area contributed by atoms with Gasteiger partial charge in [-0.25, -0.2) is 0 Å². The van der Waals surface area contributed by atoms with Crippen molar-refractivity contribution in [2.45, 2.75) is 38.8 Å². The Balaban J connectivity index is 2.83. The summed E-state index contributed by atoms with van der Waals surface area (Å²) >= 11 is 1.14. The van der Waals surface area contributed by atoms with Crippen molar-refractivity contribution >= 4 is 17.1 Å². The molecule has 0 aliphatic heterocycles. The smallest absolute Gasteiger partial charge is 0.293 e. The lowest BCUT2D eigenvalue weighted by Crippen LogP contribution is -2.14. The first-order chi connectivity index (χ1) is 7.09. The predicted octanol–water partition coefficient (Wildman–Crippen LogP) is 4.18. The quantitative estimate of drug-likeness (QED) is 0.719. The third-order valence-electron chi connectivity index (χ3n) is 1.98.